The monoisotopic (exact) mass is 316 g/mol. The minimum absolute atomic E-state index is 0. The largest absolute Gasteiger partial charge is 0.324 e. The van der Waals surface area contributed by atoms with Gasteiger partial charge in [0, 0.05) is 0 Å². The van der Waals surface area contributed by atoms with Gasteiger partial charge in [0.1, 0.15) is 5.52 Å². The topological polar surface area (TPSA) is 83.8 Å². The van der Waals surface area contributed by atoms with Gasteiger partial charge in [-0.1, -0.05) is 31.0 Å². The van der Waals surface area contributed by atoms with Crippen molar-refractivity contribution < 1.29 is 4.79 Å². The molecule has 20 heavy (non-hydrogen) atoms. The number of aromatic nitrogens is 2. The fraction of sp³-hybridized carbons (Fsp3) is 0.385. The molecule has 0 saturated carbocycles. The number of carbonyl (C=O) groups excluding carboxylic acids is 1. The third-order valence-corrected chi connectivity index (χ3v) is 3.29. The van der Waals surface area contributed by atoms with E-state index in [1.54, 1.807) is 13.0 Å². The third-order valence-electron chi connectivity index (χ3n) is 2.98. The standard InChI is InChI=1S/C13H17ClN4O.ClH/c1-3-7-13(2,15)11(19)18-12-16-9-6-4-5-8(14)10(9)17-12;/h4-6H,3,7,15H2,1-2H3,(H2,16,17,18,19);1H. The lowest BCUT2D eigenvalue weighted by atomic mass is 9.97. The zero-order valence-corrected chi connectivity index (χ0v) is 12.9. The van der Waals surface area contributed by atoms with Crippen LogP contribution in [-0.2, 0) is 4.79 Å². The van der Waals surface area contributed by atoms with E-state index in [0.29, 0.717) is 22.9 Å². The number of hydrogen-bond donors (Lipinski definition) is 3. The SMILES string of the molecule is CCCC(C)(N)C(=O)Nc1nc2c(Cl)cccc2[nH]1.Cl. The second kappa shape index (κ2) is 6.43. The molecule has 0 fully saturated rings. The van der Waals surface area contributed by atoms with Crippen molar-refractivity contribution in [1.82, 2.24) is 9.97 Å². The Kier molecular flexibility index (Phi) is 5.39. The predicted octanol–water partition coefficient (Wildman–Crippen LogP) is 3.09. The van der Waals surface area contributed by atoms with Crippen molar-refractivity contribution in [3.8, 4) is 0 Å². The van der Waals surface area contributed by atoms with Gasteiger partial charge >= 0.3 is 0 Å². The Morgan fingerprint density at radius 3 is 2.85 bits per heavy atom. The number of benzene rings is 1. The highest BCUT2D eigenvalue weighted by molar-refractivity contribution is 6.35. The zero-order chi connectivity index (χ0) is 14.0. The number of nitrogens with two attached hydrogens (primary N) is 1. The van der Waals surface area contributed by atoms with Crippen LogP contribution in [0.25, 0.3) is 11.0 Å². The van der Waals surface area contributed by atoms with E-state index < -0.39 is 5.54 Å². The second-order valence-electron chi connectivity index (χ2n) is 4.84. The van der Waals surface area contributed by atoms with Crippen LogP contribution in [0.5, 0.6) is 0 Å². The van der Waals surface area contributed by atoms with Crippen molar-refractivity contribution in [2.24, 2.45) is 5.73 Å². The lowest BCUT2D eigenvalue weighted by Crippen LogP contribution is -2.48. The van der Waals surface area contributed by atoms with Crippen molar-refractivity contribution >= 4 is 46.9 Å². The molecule has 0 aliphatic rings. The summed E-state index contributed by atoms with van der Waals surface area (Å²) in [5.41, 5.74) is 6.47. The Balaban J connectivity index is 0.00000200. The summed E-state index contributed by atoms with van der Waals surface area (Å²) in [6, 6.07) is 5.41. The lowest BCUT2D eigenvalue weighted by Gasteiger charge is -2.21. The zero-order valence-electron chi connectivity index (χ0n) is 11.4. The van der Waals surface area contributed by atoms with E-state index in [2.05, 4.69) is 15.3 Å². The van der Waals surface area contributed by atoms with Crippen molar-refractivity contribution in [1.29, 1.82) is 0 Å². The molecule has 2 aromatic rings. The first-order valence-electron chi connectivity index (χ1n) is 6.18. The Morgan fingerprint density at radius 2 is 2.25 bits per heavy atom. The lowest BCUT2D eigenvalue weighted by molar-refractivity contribution is -0.120. The molecule has 0 saturated heterocycles. The molecule has 7 heteroatoms. The Hall–Kier alpha value is -1.30. The predicted molar refractivity (Wildman–Crippen MR) is 84.5 cm³/mol. The first kappa shape index (κ1) is 16.8. The van der Waals surface area contributed by atoms with Gasteiger partial charge in [0.25, 0.3) is 0 Å². The van der Waals surface area contributed by atoms with Gasteiger partial charge in [-0.3, -0.25) is 10.1 Å². The molecule has 0 aliphatic heterocycles. The maximum Gasteiger partial charge on any atom is 0.246 e. The first-order chi connectivity index (χ1) is 8.94. The maximum atomic E-state index is 12.1. The van der Waals surface area contributed by atoms with Gasteiger partial charge in [0.15, 0.2) is 0 Å². The fourth-order valence-electron chi connectivity index (χ4n) is 1.94. The van der Waals surface area contributed by atoms with Gasteiger partial charge in [0.05, 0.1) is 16.1 Å². The number of halogens is 2. The number of rotatable bonds is 4. The first-order valence-corrected chi connectivity index (χ1v) is 6.56. The number of anilines is 1. The number of carbonyl (C=O) groups is 1. The quantitative estimate of drug-likeness (QED) is 0.810. The van der Waals surface area contributed by atoms with E-state index in [1.807, 2.05) is 19.1 Å². The summed E-state index contributed by atoms with van der Waals surface area (Å²) in [5, 5.41) is 3.23. The molecule has 0 radical (unpaired) electrons. The highest BCUT2D eigenvalue weighted by Gasteiger charge is 2.27. The summed E-state index contributed by atoms with van der Waals surface area (Å²) in [7, 11) is 0. The number of H-pyrrole nitrogens is 1. The molecule has 1 aromatic heterocycles. The van der Waals surface area contributed by atoms with Crippen molar-refractivity contribution in [2.45, 2.75) is 32.2 Å². The second-order valence-corrected chi connectivity index (χ2v) is 5.25. The van der Waals surface area contributed by atoms with E-state index in [-0.39, 0.29) is 18.3 Å². The molecule has 1 unspecified atom stereocenters. The fourth-order valence-corrected chi connectivity index (χ4v) is 2.16. The summed E-state index contributed by atoms with van der Waals surface area (Å²) >= 11 is 6.03. The van der Waals surface area contributed by atoms with Gasteiger partial charge in [0.2, 0.25) is 11.9 Å². The van der Waals surface area contributed by atoms with E-state index in [0.717, 1.165) is 11.9 Å². The molecule has 0 spiro atoms. The molecule has 5 nitrogen and oxygen atoms in total. The van der Waals surface area contributed by atoms with Gasteiger partial charge in [-0.15, -0.1) is 12.4 Å². The third kappa shape index (κ3) is 3.42. The number of imidazole rings is 1. The van der Waals surface area contributed by atoms with Gasteiger partial charge < -0.3 is 10.7 Å². The summed E-state index contributed by atoms with van der Waals surface area (Å²) in [6.07, 6.45) is 1.45. The molecule has 1 heterocycles. The van der Waals surface area contributed by atoms with Gasteiger partial charge in [-0.2, -0.15) is 0 Å². The van der Waals surface area contributed by atoms with Crippen LogP contribution in [0.2, 0.25) is 5.02 Å². The Morgan fingerprint density at radius 1 is 1.55 bits per heavy atom. The molecular formula is C13H18Cl2N4O. The Bertz CT molecular complexity index is 609. The van der Waals surface area contributed by atoms with Gasteiger partial charge in [-0.05, 0) is 25.5 Å². The minimum atomic E-state index is -0.905. The van der Waals surface area contributed by atoms with E-state index in [4.69, 9.17) is 17.3 Å². The van der Waals surface area contributed by atoms with Crippen LogP contribution >= 0.6 is 24.0 Å². The number of hydrogen-bond acceptors (Lipinski definition) is 3. The average molecular weight is 317 g/mol. The van der Waals surface area contributed by atoms with Gasteiger partial charge in [-0.25, -0.2) is 4.98 Å². The normalized spacial score (nSPS) is 13.6. The summed E-state index contributed by atoms with van der Waals surface area (Å²) in [5.74, 6) is 0.102. The molecule has 0 aliphatic carbocycles. The van der Waals surface area contributed by atoms with Crippen LogP contribution in [0.3, 0.4) is 0 Å². The summed E-state index contributed by atoms with van der Waals surface area (Å²) in [6.45, 7) is 3.70. The molecule has 1 aromatic carbocycles. The van der Waals surface area contributed by atoms with Crippen molar-refractivity contribution in [3.05, 3.63) is 23.2 Å². The highest BCUT2D eigenvalue weighted by Crippen LogP contribution is 2.23. The molecule has 1 amide bonds. The smallest absolute Gasteiger partial charge is 0.246 e. The Labute approximate surface area is 128 Å². The van der Waals surface area contributed by atoms with Crippen molar-refractivity contribution in [2.75, 3.05) is 5.32 Å². The van der Waals surface area contributed by atoms with E-state index in [1.165, 1.54) is 0 Å². The van der Waals surface area contributed by atoms with E-state index in [9.17, 15) is 4.79 Å². The van der Waals surface area contributed by atoms with E-state index >= 15 is 0 Å². The van der Waals surface area contributed by atoms with Crippen LogP contribution in [0.1, 0.15) is 26.7 Å². The number of nitrogens with one attached hydrogen (secondary N) is 2. The van der Waals surface area contributed by atoms with Crippen LogP contribution in [0.15, 0.2) is 18.2 Å². The molecule has 2 rings (SSSR count). The highest BCUT2D eigenvalue weighted by atomic mass is 35.5. The number of aromatic amines is 1. The molecule has 4 N–H and O–H groups in total. The number of fused-ring (bicyclic) bond motifs is 1. The van der Waals surface area contributed by atoms with Crippen LogP contribution in [0.4, 0.5) is 5.95 Å². The maximum absolute atomic E-state index is 12.1. The van der Waals surface area contributed by atoms with Crippen LogP contribution in [0, 0.1) is 0 Å². The molecular weight excluding hydrogens is 299 g/mol. The molecule has 110 valence electrons. The summed E-state index contributed by atoms with van der Waals surface area (Å²) in [4.78, 5) is 19.3. The minimum Gasteiger partial charge on any atom is -0.324 e. The molecule has 1 atom stereocenters. The number of amides is 1. The summed E-state index contributed by atoms with van der Waals surface area (Å²) < 4.78 is 0. The van der Waals surface area contributed by atoms with Crippen LogP contribution in [-0.4, -0.2) is 21.4 Å². The number of nitrogens with zero attached hydrogens (tertiary/aromatic N) is 1. The molecule has 0 bridgehead atoms. The van der Waals surface area contributed by atoms with Crippen LogP contribution < -0.4 is 11.1 Å². The van der Waals surface area contributed by atoms with Crippen molar-refractivity contribution in [3.63, 3.8) is 0 Å². The average Bonchev–Trinajstić information content (AvgIpc) is 2.73. The number of para-hydroxylation sites is 1.